The number of carboxylic acids is 1. The number of carbonyl (C=O) groups is 1. The van der Waals surface area contributed by atoms with Crippen molar-refractivity contribution >= 4 is 5.97 Å². The van der Waals surface area contributed by atoms with Crippen molar-refractivity contribution in [1.82, 2.24) is 0 Å². The van der Waals surface area contributed by atoms with Gasteiger partial charge in [0.25, 0.3) is 0 Å². The van der Waals surface area contributed by atoms with E-state index in [4.69, 9.17) is 0 Å². The number of aryl methyl sites for hydroxylation is 1. The Kier molecular flexibility index (Phi) is 5.44. The molecule has 2 rings (SSSR count). The lowest BCUT2D eigenvalue weighted by molar-refractivity contribution is -0.145. The summed E-state index contributed by atoms with van der Waals surface area (Å²) in [6.07, 6.45) is 4.93. The number of benzene rings is 1. The van der Waals surface area contributed by atoms with Gasteiger partial charge in [-0.15, -0.1) is 0 Å². The second-order valence-electron chi connectivity index (χ2n) is 6.90. The largest absolute Gasteiger partial charge is 0.481 e. The normalized spacial score (nSPS) is 26.0. The second kappa shape index (κ2) is 7.11. The zero-order valence-corrected chi connectivity index (χ0v) is 13.5. The van der Waals surface area contributed by atoms with Crippen LogP contribution in [0.2, 0.25) is 0 Å². The first-order chi connectivity index (χ1) is 10.0. The molecule has 1 fully saturated rings. The third-order valence-electron chi connectivity index (χ3n) is 5.21. The third kappa shape index (κ3) is 4.09. The summed E-state index contributed by atoms with van der Waals surface area (Å²) in [7, 11) is 0. The van der Waals surface area contributed by atoms with Gasteiger partial charge in [0.05, 0.1) is 5.92 Å². The topological polar surface area (TPSA) is 37.3 Å². The van der Waals surface area contributed by atoms with E-state index < -0.39 is 5.97 Å². The highest BCUT2D eigenvalue weighted by atomic mass is 16.4. The lowest BCUT2D eigenvalue weighted by Crippen LogP contribution is -2.33. The summed E-state index contributed by atoms with van der Waals surface area (Å²) >= 11 is 0. The molecule has 0 aliphatic heterocycles. The van der Waals surface area contributed by atoms with Crippen molar-refractivity contribution in [1.29, 1.82) is 0 Å². The maximum absolute atomic E-state index is 11.5. The molecule has 3 atom stereocenters. The number of hydrogen-bond acceptors (Lipinski definition) is 1. The molecule has 116 valence electrons. The summed E-state index contributed by atoms with van der Waals surface area (Å²) in [5, 5.41) is 9.49. The number of carboxylic acid groups (broad SMARTS) is 1. The molecular weight excluding hydrogens is 260 g/mol. The number of aliphatic carboxylic acids is 1. The van der Waals surface area contributed by atoms with E-state index in [1.54, 1.807) is 0 Å². The van der Waals surface area contributed by atoms with Crippen molar-refractivity contribution in [2.24, 2.45) is 23.7 Å². The molecule has 1 N–H and O–H groups in total. The molecule has 1 aliphatic carbocycles. The fourth-order valence-corrected chi connectivity index (χ4v) is 3.67. The van der Waals surface area contributed by atoms with Crippen molar-refractivity contribution in [3.8, 4) is 0 Å². The van der Waals surface area contributed by atoms with Crippen LogP contribution in [-0.4, -0.2) is 11.1 Å². The van der Waals surface area contributed by atoms with Crippen molar-refractivity contribution < 1.29 is 9.90 Å². The first kappa shape index (κ1) is 16.1. The van der Waals surface area contributed by atoms with Crippen LogP contribution in [-0.2, 0) is 17.6 Å². The van der Waals surface area contributed by atoms with E-state index in [0.29, 0.717) is 11.8 Å². The van der Waals surface area contributed by atoms with E-state index in [1.165, 1.54) is 11.1 Å². The maximum atomic E-state index is 11.5. The lowest BCUT2D eigenvalue weighted by atomic mass is 9.69. The van der Waals surface area contributed by atoms with E-state index in [0.717, 1.165) is 32.1 Å². The van der Waals surface area contributed by atoms with Crippen LogP contribution in [0.4, 0.5) is 0 Å². The molecule has 1 aliphatic rings. The molecule has 0 amide bonds. The van der Waals surface area contributed by atoms with Crippen LogP contribution in [0.25, 0.3) is 0 Å². The minimum Gasteiger partial charge on any atom is -0.481 e. The van der Waals surface area contributed by atoms with Gasteiger partial charge >= 0.3 is 5.97 Å². The fraction of sp³-hybridized carbons (Fsp3) is 0.632. The monoisotopic (exact) mass is 288 g/mol. The van der Waals surface area contributed by atoms with E-state index in [1.807, 2.05) is 0 Å². The summed E-state index contributed by atoms with van der Waals surface area (Å²) in [4.78, 5) is 11.5. The van der Waals surface area contributed by atoms with Crippen molar-refractivity contribution in [3.63, 3.8) is 0 Å². The van der Waals surface area contributed by atoms with Crippen LogP contribution in [0.3, 0.4) is 0 Å². The molecule has 1 saturated carbocycles. The molecule has 3 unspecified atom stereocenters. The van der Waals surface area contributed by atoms with Crippen LogP contribution in [0.15, 0.2) is 24.3 Å². The average Bonchev–Trinajstić information content (AvgIpc) is 2.47. The standard InChI is InChI=1S/C19H28O2/c1-4-14-5-7-15(8-6-14)11-17-12-16(13(2)3)9-10-18(17)19(20)21/h5-8,13,16-18H,4,9-12H2,1-3H3,(H,20,21). The Morgan fingerprint density at radius 3 is 2.33 bits per heavy atom. The van der Waals surface area contributed by atoms with E-state index >= 15 is 0 Å². The van der Waals surface area contributed by atoms with Gasteiger partial charge in [0.1, 0.15) is 0 Å². The van der Waals surface area contributed by atoms with Gasteiger partial charge in [-0.2, -0.15) is 0 Å². The Labute approximate surface area is 128 Å². The lowest BCUT2D eigenvalue weighted by Gasteiger charge is -2.36. The zero-order valence-electron chi connectivity index (χ0n) is 13.5. The smallest absolute Gasteiger partial charge is 0.306 e. The summed E-state index contributed by atoms with van der Waals surface area (Å²) in [6, 6.07) is 8.70. The molecule has 1 aromatic rings. The molecule has 0 bridgehead atoms. The highest BCUT2D eigenvalue weighted by molar-refractivity contribution is 5.70. The van der Waals surface area contributed by atoms with Gasteiger partial charge < -0.3 is 5.11 Å². The Morgan fingerprint density at radius 2 is 1.81 bits per heavy atom. The van der Waals surface area contributed by atoms with Crippen LogP contribution < -0.4 is 0 Å². The minimum absolute atomic E-state index is 0.161. The third-order valence-corrected chi connectivity index (χ3v) is 5.21. The van der Waals surface area contributed by atoms with Gasteiger partial charge in [0.2, 0.25) is 0 Å². The molecule has 0 saturated heterocycles. The molecule has 1 aromatic carbocycles. The summed E-state index contributed by atoms with van der Waals surface area (Å²) in [5.74, 6) is 0.861. The highest BCUT2D eigenvalue weighted by Gasteiger charge is 2.35. The predicted octanol–water partition coefficient (Wildman–Crippen LogP) is 4.56. The van der Waals surface area contributed by atoms with Gasteiger partial charge in [-0.3, -0.25) is 4.79 Å². The average molecular weight is 288 g/mol. The zero-order chi connectivity index (χ0) is 15.4. The van der Waals surface area contributed by atoms with Crippen LogP contribution in [0.5, 0.6) is 0 Å². The van der Waals surface area contributed by atoms with Crippen LogP contribution in [0, 0.1) is 23.7 Å². The maximum Gasteiger partial charge on any atom is 0.306 e. The Bertz CT molecular complexity index is 461. The highest BCUT2D eigenvalue weighted by Crippen LogP contribution is 2.39. The van der Waals surface area contributed by atoms with Crippen molar-refractivity contribution in [3.05, 3.63) is 35.4 Å². The van der Waals surface area contributed by atoms with Crippen LogP contribution >= 0.6 is 0 Å². The summed E-state index contributed by atoms with van der Waals surface area (Å²) < 4.78 is 0. The van der Waals surface area contributed by atoms with E-state index in [9.17, 15) is 9.90 Å². The van der Waals surface area contributed by atoms with Gasteiger partial charge in [0, 0.05) is 0 Å². The molecule has 2 heteroatoms. The van der Waals surface area contributed by atoms with Crippen molar-refractivity contribution in [2.75, 3.05) is 0 Å². The molecule has 21 heavy (non-hydrogen) atoms. The van der Waals surface area contributed by atoms with Gasteiger partial charge in [-0.05, 0) is 61.0 Å². The Hall–Kier alpha value is -1.31. The first-order valence-corrected chi connectivity index (χ1v) is 8.31. The second-order valence-corrected chi connectivity index (χ2v) is 6.90. The molecule has 0 spiro atoms. The Morgan fingerprint density at radius 1 is 1.19 bits per heavy atom. The molecule has 0 radical (unpaired) electrons. The molecule has 0 heterocycles. The molecule has 0 aromatic heterocycles. The number of rotatable bonds is 5. The number of hydrogen-bond donors (Lipinski definition) is 1. The van der Waals surface area contributed by atoms with Crippen molar-refractivity contribution in [2.45, 2.75) is 52.9 Å². The summed E-state index contributed by atoms with van der Waals surface area (Å²) in [5.41, 5.74) is 2.63. The van der Waals surface area contributed by atoms with Gasteiger partial charge in [-0.25, -0.2) is 0 Å². The van der Waals surface area contributed by atoms with E-state index in [-0.39, 0.29) is 11.8 Å². The minimum atomic E-state index is -0.604. The fourth-order valence-electron chi connectivity index (χ4n) is 3.67. The quantitative estimate of drug-likeness (QED) is 0.862. The van der Waals surface area contributed by atoms with Gasteiger partial charge in [-0.1, -0.05) is 45.0 Å². The summed E-state index contributed by atoms with van der Waals surface area (Å²) in [6.45, 7) is 6.68. The SMILES string of the molecule is CCc1ccc(CC2CC(C(C)C)CCC2C(=O)O)cc1. The first-order valence-electron chi connectivity index (χ1n) is 8.31. The molecule has 2 nitrogen and oxygen atoms in total. The molecular formula is C19H28O2. The van der Waals surface area contributed by atoms with E-state index in [2.05, 4.69) is 45.0 Å². The van der Waals surface area contributed by atoms with Gasteiger partial charge in [0.15, 0.2) is 0 Å². The van der Waals surface area contributed by atoms with Crippen LogP contribution in [0.1, 0.15) is 51.2 Å². The Balaban J connectivity index is 2.09. The predicted molar refractivity (Wildman–Crippen MR) is 86.3 cm³/mol.